The van der Waals surface area contributed by atoms with Gasteiger partial charge in [-0.3, -0.25) is 0 Å². The van der Waals surface area contributed by atoms with Crippen molar-refractivity contribution in [3.63, 3.8) is 0 Å². The Kier molecular flexibility index (Phi) is 3.56. The molecule has 0 amide bonds. The molecule has 15 heavy (non-hydrogen) atoms. The van der Waals surface area contributed by atoms with Crippen LogP contribution in [0.25, 0.3) is 6.08 Å². The molecule has 0 spiro atoms. The number of ether oxygens (including phenoxy) is 1. The summed E-state index contributed by atoms with van der Waals surface area (Å²) >= 11 is 0. The highest BCUT2D eigenvalue weighted by Crippen LogP contribution is 2.02. The van der Waals surface area contributed by atoms with E-state index in [-0.39, 0.29) is 5.69 Å². The first-order chi connectivity index (χ1) is 7.13. The SMILES string of the molecule is COC(=O)C=Cc1ccc(C(=O)O)nc1. The van der Waals surface area contributed by atoms with E-state index in [1.165, 1.54) is 31.5 Å². The molecule has 0 aliphatic rings. The topological polar surface area (TPSA) is 76.5 Å². The fraction of sp³-hybridized carbons (Fsp3) is 0.100. The normalized spacial score (nSPS) is 10.2. The molecule has 0 aromatic carbocycles. The molecule has 0 radical (unpaired) electrons. The number of carboxylic acid groups (broad SMARTS) is 1. The predicted molar refractivity (Wildman–Crippen MR) is 52.2 cm³/mol. The summed E-state index contributed by atoms with van der Waals surface area (Å²) in [6, 6.07) is 2.91. The van der Waals surface area contributed by atoms with Crippen LogP contribution < -0.4 is 0 Å². The van der Waals surface area contributed by atoms with Crippen LogP contribution >= 0.6 is 0 Å². The third-order valence-corrected chi connectivity index (χ3v) is 1.62. The number of methoxy groups -OCH3 is 1. The van der Waals surface area contributed by atoms with Crippen LogP contribution in [0, 0.1) is 0 Å². The number of hydrogen-bond acceptors (Lipinski definition) is 4. The molecule has 0 unspecified atom stereocenters. The van der Waals surface area contributed by atoms with Gasteiger partial charge in [-0.25, -0.2) is 14.6 Å². The molecule has 0 atom stereocenters. The van der Waals surface area contributed by atoms with Crippen molar-refractivity contribution in [1.29, 1.82) is 0 Å². The zero-order valence-corrected chi connectivity index (χ0v) is 8.01. The van der Waals surface area contributed by atoms with Crippen molar-refractivity contribution in [2.45, 2.75) is 0 Å². The molecule has 0 saturated carbocycles. The van der Waals surface area contributed by atoms with Gasteiger partial charge in [0.05, 0.1) is 7.11 Å². The van der Waals surface area contributed by atoms with E-state index < -0.39 is 11.9 Å². The minimum Gasteiger partial charge on any atom is -0.477 e. The van der Waals surface area contributed by atoms with Gasteiger partial charge >= 0.3 is 11.9 Å². The largest absolute Gasteiger partial charge is 0.477 e. The molecule has 78 valence electrons. The van der Waals surface area contributed by atoms with Crippen molar-refractivity contribution in [1.82, 2.24) is 4.98 Å². The first-order valence-corrected chi connectivity index (χ1v) is 4.09. The van der Waals surface area contributed by atoms with Gasteiger partial charge in [-0.2, -0.15) is 0 Å². The zero-order valence-electron chi connectivity index (χ0n) is 8.01. The predicted octanol–water partition coefficient (Wildman–Crippen LogP) is 0.966. The number of carbonyl (C=O) groups excluding carboxylic acids is 1. The molecule has 1 aromatic rings. The second kappa shape index (κ2) is 4.90. The van der Waals surface area contributed by atoms with Gasteiger partial charge in [0, 0.05) is 12.3 Å². The van der Waals surface area contributed by atoms with Gasteiger partial charge in [-0.05, 0) is 17.7 Å². The quantitative estimate of drug-likeness (QED) is 0.590. The van der Waals surface area contributed by atoms with Crippen molar-refractivity contribution in [3.8, 4) is 0 Å². The Balaban J connectivity index is 2.77. The summed E-state index contributed by atoms with van der Waals surface area (Å²) in [6.07, 6.45) is 4.09. The van der Waals surface area contributed by atoms with Crippen molar-refractivity contribution in [2.24, 2.45) is 0 Å². The number of hydrogen-bond donors (Lipinski definition) is 1. The van der Waals surface area contributed by atoms with Crippen LogP contribution in [-0.4, -0.2) is 29.1 Å². The van der Waals surface area contributed by atoms with E-state index >= 15 is 0 Å². The van der Waals surface area contributed by atoms with Crippen LogP contribution in [0.3, 0.4) is 0 Å². The third-order valence-electron chi connectivity index (χ3n) is 1.62. The molecule has 1 aromatic heterocycles. The van der Waals surface area contributed by atoms with Gasteiger partial charge in [-0.1, -0.05) is 6.07 Å². The smallest absolute Gasteiger partial charge is 0.354 e. The zero-order chi connectivity index (χ0) is 11.3. The monoisotopic (exact) mass is 207 g/mol. The Morgan fingerprint density at radius 3 is 2.67 bits per heavy atom. The van der Waals surface area contributed by atoms with Gasteiger partial charge < -0.3 is 9.84 Å². The summed E-state index contributed by atoms with van der Waals surface area (Å²) in [7, 11) is 1.28. The number of aromatic carboxylic acids is 1. The molecule has 0 fully saturated rings. The molecular formula is C10H9NO4. The lowest BCUT2D eigenvalue weighted by Gasteiger charge is -1.94. The van der Waals surface area contributed by atoms with Crippen LogP contribution in [-0.2, 0) is 9.53 Å². The molecule has 0 aliphatic carbocycles. The fourth-order valence-electron chi connectivity index (χ4n) is 0.863. The van der Waals surface area contributed by atoms with Crippen LogP contribution in [0.2, 0.25) is 0 Å². The lowest BCUT2D eigenvalue weighted by Crippen LogP contribution is -1.99. The standard InChI is InChI=1S/C10H9NO4/c1-15-9(12)5-3-7-2-4-8(10(13)14)11-6-7/h2-6H,1H3,(H,13,14). The molecule has 0 aliphatic heterocycles. The lowest BCUT2D eigenvalue weighted by molar-refractivity contribution is -0.134. The van der Waals surface area contributed by atoms with E-state index in [1.54, 1.807) is 6.07 Å². The highest BCUT2D eigenvalue weighted by Gasteiger charge is 2.02. The molecule has 1 N–H and O–H groups in total. The first-order valence-electron chi connectivity index (χ1n) is 4.09. The van der Waals surface area contributed by atoms with Gasteiger partial charge in [0.1, 0.15) is 5.69 Å². The summed E-state index contributed by atoms with van der Waals surface area (Å²) < 4.78 is 4.39. The highest BCUT2D eigenvalue weighted by molar-refractivity contribution is 5.87. The maximum atomic E-state index is 10.7. The van der Waals surface area contributed by atoms with Crippen LogP contribution in [0.15, 0.2) is 24.4 Å². The van der Waals surface area contributed by atoms with Crippen molar-refractivity contribution < 1.29 is 19.4 Å². The van der Waals surface area contributed by atoms with E-state index in [0.717, 1.165) is 0 Å². The number of carboxylic acids is 1. The van der Waals surface area contributed by atoms with E-state index in [9.17, 15) is 9.59 Å². The number of esters is 1. The van der Waals surface area contributed by atoms with E-state index in [0.29, 0.717) is 5.56 Å². The highest BCUT2D eigenvalue weighted by atomic mass is 16.5. The van der Waals surface area contributed by atoms with Gasteiger partial charge in [0.2, 0.25) is 0 Å². The summed E-state index contributed by atoms with van der Waals surface area (Å²) in [6.45, 7) is 0. The molecule has 1 rings (SSSR count). The Hall–Kier alpha value is -2.17. The summed E-state index contributed by atoms with van der Waals surface area (Å²) in [5.74, 6) is -1.56. The van der Waals surface area contributed by atoms with E-state index in [2.05, 4.69) is 9.72 Å². The van der Waals surface area contributed by atoms with E-state index in [1.807, 2.05) is 0 Å². The van der Waals surface area contributed by atoms with Crippen LogP contribution in [0.5, 0.6) is 0 Å². The molecule has 1 heterocycles. The van der Waals surface area contributed by atoms with Crippen molar-refractivity contribution >= 4 is 18.0 Å². The van der Waals surface area contributed by atoms with Crippen LogP contribution in [0.4, 0.5) is 0 Å². The van der Waals surface area contributed by atoms with Gasteiger partial charge in [-0.15, -0.1) is 0 Å². The summed E-state index contributed by atoms with van der Waals surface area (Å²) in [4.78, 5) is 24.9. The lowest BCUT2D eigenvalue weighted by atomic mass is 10.2. The minimum absolute atomic E-state index is 0.0368. The maximum Gasteiger partial charge on any atom is 0.354 e. The Morgan fingerprint density at radius 2 is 2.20 bits per heavy atom. The first kappa shape index (κ1) is 10.9. The Morgan fingerprint density at radius 1 is 1.47 bits per heavy atom. The van der Waals surface area contributed by atoms with Crippen molar-refractivity contribution in [3.05, 3.63) is 35.7 Å². The molecule has 0 bridgehead atoms. The van der Waals surface area contributed by atoms with Gasteiger partial charge in [0.25, 0.3) is 0 Å². The third kappa shape index (κ3) is 3.22. The average molecular weight is 207 g/mol. The Labute approximate surface area is 86.0 Å². The number of rotatable bonds is 3. The summed E-state index contributed by atoms with van der Waals surface area (Å²) in [5.41, 5.74) is 0.593. The fourth-order valence-corrected chi connectivity index (χ4v) is 0.863. The Bertz CT molecular complexity index is 394. The molecule has 5 heteroatoms. The number of nitrogens with zero attached hydrogens (tertiary/aromatic N) is 1. The van der Waals surface area contributed by atoms with E-state index in [4.69, 9.17) is 5.11 Å². The summed E-state index contributed by atoms with van der Waals surface area (Å²) in [5, 5.41) is 8.58. The number of pyridine rings is 1. The maximum absolute atomic E-state index is 10.7. The number of aromatic nitrogens is 1. The number of carbonyl (C=O) groups is 2. The van der Waals surface area contributed by atoms with Gasteiger partial charge in [0.15, 0.2) is 0 Å². The minimum atomic E-state index is -1.08. The van der Waals surface area contributed by atoms with Crippen molar-refractivity contribution in [2.75, 3.05) is 7.11 Å². The second-order valence-corrected chi connectivity index (χ2v) is 2.64. The van der Waals surface area contributed by atoms with Crippen LogP contribution in [0.1, 0.15) is 16.1 Å². The average Bonchev–Trinajstić information content (AvgIpc) is 2.26. The molecule has 5 nitrogen and oxygen atoms in total. The molecular weight excluding hydrogens is 198 g/mol. The second-order valence-electron chi connectivity index (χ2n) is 2.64. The molecule has 0 saturated heterocycles.